The fraction of sp³-hybridized carbons (Fsp3) is 0.520. The van der Waals surface area contributed by atoms with Gasteiger partial charge in [-0.3, -0.25) is 4.90 Å². The van der Waals surface area contributed by atoms with E-state index >= 15 is 0 Å². The van der Waals surface area contributed by atoms with Crippen molar-refractivity contribution in [3.63, 3.8) is 0 Å². The topological polar surface area (TPSA) is 58.7 Å². The van der Waals surface area contributed by atoms with Gasteiger partial charge in [-0.05, 0) is 42.5 Å². The van der Waals surface area contributed by atoms with E-state index in [9.17, 15) is 5.11 Å². The molecule has 1 aliphatic heterocycles. The lowest BCUT2D eigenvalue weighted by atomic mass is 9.70. The van der Waals surface area contributed by atoms with Crippen molar-refractivity contribution in [1.82, 2.24) is 4.90 Å². The zero-order valence-corrected chi connectivity index (χ0v) is 21.0. The Kier molecular flexibility index (Phi) is 10.1. The van der Waals surface area contributed by atoms with E-state index in [1.165, 1.54) is 6.42 Å². The molecular weight excluding hydrogens is 467 g/mol. The summed E-state index contributed by atoms with van der Waals surface area (Å²) in [6, 6.07) is 16.4. The summed E-state index contributed by atoms with van der Waals surface area (Å²) < 4.78 is 5.93. The molecule has 2 aromatic carbocycles. The largest absolute Gasteiger partial charge is 0.487 e. The number of nitrogens with zero attached hydrogens (tertiary/aromatic N) is 1. The molecule has 178 valence electrons. The number of aliphatic hydroxyl groups is 1. The zero-order chi connectivity index (χ0) is 21.1. The summed E-state index contributed by atoms with van der Waals surface area (Å²) in [5.41, 5.74) is 7.56. The van der Waals surface area contributed by atoms with Gasteiger partial charge in [-0.25, -0.2) is 0 Å². The predicted octanol–water partition coefficient (Wildman–Crippen LogP) is 5.57. The minimum Gasteiger partial charge on any atom is -0.487 e. The maximum atomic E-state index is 11.9. The molecule has 1 aliphatic carbocycles. The number of nitrogens with two attached hydrogens (primary N) is 1. The Balaban J connectivity index is 0.00000181. The molecule has 7 heteroatoms. The summed E-state index contributed by atoms with van der Waals surface area (Å²) in [4.78, 5) is 2.42. The molecular formula is C25H35Cl3N2O2. The van der Waals surface area contributed by atoms with Crippen LogP contribution in [-0.4, -0.2) is 40.8 Å². The highest BCUT2D eigenvalue weighted by atomic mass is 35.5. The lowest BCUT2D eigenvalue weighted by molar-refractivity contribution is -0.0838. The summed E-state index contributed by atoms with van der Waals surface area (Å²) >= 11 is 6.57. The summed E-state index contributed by atoms with van der Waals surface area (Å²) in [5, 5.41) is 12.4. The lowest BCUT2D eigenvalue weighted by Crippen LogP contribution is -2.57. The maximum absolute atomic E-state index is 11.9. The van der Waals surface area contributed by atoms with Crippen LogP contribution in [-0.2, 0) is 6.61 Å². The van der Waals surface area contributed by atoms with Crippen LogP contribution in [0, 0.1) is 0 Å². The summed E-state index contributed by atoms with van der Waals surface area (Å²) in [5.74, 6) is 0.662. The van der Waals surface area contributed by atoms with Gasteiger partial charge in [0.1, 0.15) is 12.4 Å². The number of hydrogen-bond donors (Lipinski definition) is 2. The number of ether oxygens (including phenoxy) is 1. The van der Waals surface area contributed by atoms with Crippen molar-refractivity contribution in [2.75, 3.05) is 13.1 Å². The average molecular weight is 502 g/mol. The molecule has 0 spiro atoms. The summed E-state index contributed by atoms with van der Waals surface area (Å²) in [6.45, 7) is 4.47. The van der Waals surface area contributed by atoms with Crippen LogP contribution in [0.2, 0.25) is 5.02 Å². The van der Waals surface area contributed by atoms with Gasteiger partial charge in [0, 0.05) is 31.1 Å². The van der Waals surface area contributed by atoms with Gasteiger partial charge in [0.05, 0.1) is 10.6 Å². The van der Waals surface area contributed by atoms with Crippen LogP contribution in [0.5, 0.6) is 5.75 Å². The van der Waals surface area contributed by atoms with Gasteiger partial charge in [0.25, 0.3) is 0 Å². The molecule has 1 saturated heterocycles. The molecule has 4 atom stereocenters. The Bertz CT molecular complexity index is 854. The van der Waals surface area contributed by atoms with Gasteiger partial charge < -0.3 is 15.6 Å². The minimum absolute atomic E-state index is 0. The maximum Gasteiger partial charge on any atom is 0.138 e. The van der Waals surface area contributed by atoms with Gasteiger partial charge in [-0.1, -0.05) is 67.8 Å². The molecule has 2 fully saturated rings. The van der Waals surface area contributed by atoms with Crippen molar-refractivity contribution in [3.05, 3.63) is 64.7 Å². The monoisotopic (exact) mass is 500 g/mol. The van der Waals surface area contributed by atoms with E-state index in [4.69, 9.17) is 22.1 Å². The predicted molar refractivity (Wildman–Crippen MR) is 137 cm³/mol. The van der Waals surface area contributed by atoms with E-state index in [-0.39, 0.29) is 42.8 Å². The summed E-state index contributed by atoms with van der Waals surface area (Å²) in [6.07, 6.45) is 5.08. The van der Waals surface area contributed by atoms with E-state index < -0.39 is 5.60 Å². The van der Waals surface area contributed by atoms with Crippen molar-refractivity contribution in [2.24, 2.45) is 5.73 Å². The first-order chi connectivity index (χ1) is 14.5. The molecule has 1 saturated carbocycles. The van der Waals surface area contributed by atoms with E-state index in [2.05, 4.69) is 17.9 Å². The molecule has 3 N–H and O–H groups in total. The minimum atomic E-state index is -0.766. The molecule has 32 heavy (non-hydrogen) atoms. The Morgan fingerprint density at radius 3 is 2.56 bits per heavy atom. The van der Waals surface area contributed by atoms with Gasteiger partial charge in [-0.2, -0.15) is 0 Å². The molecule has 0 bridgehead atoms. The molecule has 2 aromatic rings. The van der Waals surface area contributed by atoms with Crippen LogP contribution in [0.15, 0.2) is 48.5 Å². The molecule has 1 heterocycles. The second kappa shape index (κ2) is 11.9. The quantitative estimate of drug-likeness (QED) is 0.543. The molecule has 3 unspecified atom stereocenters. The number of benzene rings is 2. The molecule has 2 aliphatic rings. The van der Waals surface area contributed by atoms with E-state index in [1.807, 2.05) is 42.5 Å². The third-order valence-electron chi connectivity index (χ3n) is 7.02. The SMILES string of the molecule is CC(c1ccc(OCc2ccccc2)c(Cl)c1)C1(O)CCCCC1N1CC[C@H](N)C1.Cl.Cl. The number of hydrogen-bond acceptors (Lipinski definition) is 4. The third kappa shape index (κ3) is 5.91. The third-order valence-corrected chi connectivity index (χ3v) is 7.32. The molecule has 0 amide bonds. The Morgan fingerprint density at radius 1 is 1.16 bits per heavy atom. The van der Waals surface area contributed by atoms with Crippen LogP contribution in [0.25, 0.3) is 0 Å². The van der Waals surface area contributed by atoms with Crippen molar-refractivity contribution in [2.45, 2.75) is 69.2 Å². The van der Waals surface area contributed by atoms with E-state index in [0.29, 0.717) is 17.4 Å². The molecule has 0 aromatic heterocycles. The van der Waals surface area contributed by atoms with E-state index in [0.717, 1.165) is 49.9 Å². The van der Waals surface area contributed by atoms with E-state index in [1.54, 1.807) is 0 Å². The number of halogens is 3. The van der Waals surface area contributed by atoms with Crippen molar-refractivity contribution in [1.29, 1.82) is 0 Å². The van der Waals surface area contributed by atoms with Gasteiger partial charge >= 0.3 is 0 Å². The lowest BCUT2D eigenvalue weighted by Gasteiger charge is -2.48. The second-order valence-electron chi connectivity index (χ2n) is 8.98. The van der Waals surface area contributed by atoms with Crippen molar-refractivity contribution >= 4 is 36.4 Å². The smallest absolute Gasteiger partial charge is 0.138 e. The van der Waals surface area contributed by atoms with Crippen LogP contribution >= 0.6 is 36.4 Å². The Hall–Kier alpha value is -1.01. The Morgan fingerprint density at radius 2 is 1.91 bits per heavy atom. The fourth-order valence-corrected chi connectivity index (χ4v) is 5.44. The van der Waals surface area contributed by atoms with Crippen LogP contribution in [0.4, 0.5) is 0 Å². The molecule has 4 rings (SSSR count). The van der Waals surface area contributed by atoms with Gasteiger partial charge in [0.2, 0.25) is 0 Å². The highest BCUT2D eigenvalue weighted by Crippen LogP contribution is 2.44. The van der Waals surface area contributed by atoms with Crippen LogP contribution in [0.3, 0.4) is 0 Å². The van der Waals surface area contributed by atoms with Crippen LogP contribution < -0.4 is 10.5 Å². The standard InChI is InChI=1S/C25H33ClN2O2.2ClH/c1-18(25(29)13-6-5-9-24(25)28-14-12-21(27)16-28)20-10-11-23(22(26)15-20)30-17-19-7-3-2-4-8-19;;/h2-4,7-8,10-11,15,18,21,24,29H,5-6,9,12-14,16-17,27H2,1H3;2*1H/t18?,21-,24?,25?;;/m0../s1. The number of likely N-dealkylation sites (tertiary alicyclic amines) is 1. The van der Waals surface area contributed by atoms with Crippen LogP contribution in [0.1, 0.15) is 56.1 Å². The first kappa shape index (κ1) is 27.2. The van der Waals surface area contributed by atoms with Gasteiger partial charge in [-0.15, -0.1) is 24.8 Å². The zero-order valence-electron chi connectivity index (χ0n) is 18.6. The fourth-order valence-electron chi connectivity index (χ4n) is 5.19. The highest BCUT2D eigenvalue weighted by molar-refractivity contribution is 6.32. The van der Waals surface area contributed by atoms with Crippen molar-refractivity contribution in [3.8, 4) is 5.75 Å². The molecule has 0 radical (unpaired) electrons. The van der Waals surface area contributed by atoms with Crippen molar-refractivity contribution < 1.29 is 9.84 Å². The Labute approximate surface area is 209 Å². The number of rotatable bonds is 6. The van der Waals surface area contributed by atoms with Gasteiger partial charge in [0.15, 0.2) is 0 Å². The average Bonchev–Trinajstić information content (AvgIpc) is 3.19. The first-order valence-electron chi connectivity index (χ1n) is 11.2. The normalized spacial score (nSPS) is 26.6. The first-order valence-corrected chi connectivity index (χ1v) is 11.5. The molecule has 4 nitrogen and oxygen atoms in total. The highest BCUT2D eigenvalue weighted by Gasteiger charge is 2.47. The summed E-state index contributed by atoms with van der Waals surface area (Å²) in [7, 11) is 0. The second-order valence-corrected chi connectivity index (χ2v) is 9.39.